The van der Waals surface area contributed by atoms with E-state index in [1.54, 1.807) is 31.2 Å². The molecule has 0 fully saturated rings. The molecule has 0 saturated heterocycles. The second-order valence-electron chi connectivity index (χ2n) is 10.6. The Morgan fingerprint density at radius 2 is 1.50 bits per heavy atom. The third-order valence-electron chi connectivity index (χ3n) is 6.97. The lowest BCUT2D eigenvalue weighted by Gasteiger charge is -2.32. The molecule has 0 saturated carbocycles. The summed E-state index contributed by atoms with van der Waals surface area (Å²) in [6.45, 7) is 6.68. The van der Waals surface area contributed by atoms with Crippen LogP contribution >= 0.6 is 0 Å². The number of carbonyl (C=O) groups is 2. The number of sulfonamides is 1. The first-order valence-electron chi connectivity index (χ1n) is 13.9. The Balaban J connectivity index is 2.07. The van der Waals surface area contributed by atoms with Crippen LogP contribution in [-0.4, -0.2) is 63.4 Å². The highest BCUT2D eigenvalue weighted by atomic mass is 32.2. The Hall–Kier alpha value is -4.65. The Morgan fingerprint density at radius 3 is 2.02 bits per heavy atom. The predicted octanol–water partition coefficient (Wildman–Crippen LogP) is 4.31. The van der Waals surface area contributed by atoms with E-state index in [9.17, 15) is 28.1 Å². The van der Waals surface area contributed by atoms with Gasteiger partial charge in [-0.15, -0.1) is 0 Å². The molecule has 3 rings (SSSR count). The minimum absolute atomic E-state index is 0.00555. The van der Waals surface area contributed by atoms with Crippen molar-refractivity contribution in [1.29, 1.82) is 0 Å². The molecule has 13 heteroatoms. The van der Waals surface area contributed by atoms with Crippen molar-refractivity contribution < 1.29 is 32.4 Å². The molecule has 12 nitrogen and oxygen atoms in total. The molecule has 0 bridgehead atoms. The number of hydrogen-bond donors (Lipinski definition) is 1. The van der Waals surface area contributed by atoms with Gasteiger partial charge in [0, 0.05) is 24.7 Å². The number of ether oxygens (including phenoxy) is 2. The number of methoxy groups -OCH3 is 2. The molecule has 2 amide bonds. The average molecular weight is 627 g/mol. The maximum atomic E-state index is 14.1. The largest absolute Gasteiger partial charge is 0.497 e. The van der Waals surface area contributed by atoms with E-state index in [0.717, 1.165) is 10.4 Å². The molecule has 3 aromatic rings. The third kappa shape index (κ3) is 8.25. The molecule has 0 aliphatic carbocycles. The van der Waals surface area contributed by atoms with Crippen molar-refractivity contribution >= 4 is 33.2 Å². The first kappa shape index (κ1) is 33.8. The number of nitrogens with zero attached hydrogens (tertiary/aromatic N) is 3. The number of hydrogen-bond acceptors (Lipinski definition) is 8. The Morgan fingerprint density at radius 1 is 0.932 bits per heavy atom. The summed E-state index contributed by atoms with van der Waals surface area (Å²) in [6, 6.07) is 15.6. The number of amides is 2. The maximum absolute atomic E-state index is 14.1. The zero-order valence-corrected chi connectivity index (χ0v) is 26.5. The Labute approximate surface area is 257 Å². The molecule has 0 heterocycles. The van der Waals surface area contributed by atoms with E-state index in [2.05, 4.69) is 5.32 Å². The zero-order valence-electron chi connectivity index (χ0n) is 25.6. The summed E-state index contributed by atoms with van der Waals surface area (Å²) < 4.78 is 39.4. The number of aryl methyl sites for hydroxylation is 1. The highest BCUT2D eigenvalue weighted by Crippen LogP contribution is 2.29. The lowest BCUT2D eigenvalue weighted by molar-refractivity contribution is -0.385. The van der Waals surface area contributed by atoms with Gasteiger partial charge in [0.15, 0.2) is 0 Å². The molecular weight excluding hydrogens is 588 g/mol. The highest BCUT2D eigenvalue weighted by molar-refractivity contribution is 7.92. The summed E-state index contributed by atoms with van der Waals surface area (Å²) in [4.78, 5) is 39.1. The number of anilines is 1. The van der Waals surface area contributed by atoms with Crippen molar-refractivity contribution in [3.8, 4) is 11.5 Å². The van der Waals surface area contributed by atoms with Crippen molar-refractivity contribution in [3.63, 3.8) is 0 Å². The standard InChI is InChI=1S/C31H38N4O8S/c1-21(2)18-32-31(37)23(4)33(19-24-8-12-26(42-5)13-9-24)30(36)20-34(25-10-14-27(43-6)15-11-25)44(40,41)28-16-7-22(3)29(17-28)35(38)39/h7-17,21,23H,18-20H2,1-6H3,(H,32,37)/t23-/m0/s1. The van der Waals surface area contributed by atoms with Gasteiger partial charge in [0.05, 0.1) is 29.7 Å². The summed E-state index contributed by atoms with van der Waals surface area (Å²) in [5.74, 6) is 0.187. The molecule has 44 heavy (non-hydrogen) atoms. The first-order valence-corrected chi connectivity index (χ1v) is 15.3. The zero-order chi connectivity index (χ0) is 32.6. The van der Waals surface area contributed by atoms with Crippen molar-refractivity contribution in [2.75, 3.05) is 31.6 Å². The fourth-order valence-electron chi connectivity index (χ4n) is 4.31. The molecule has 0 aliphatic heterocycles. The van der Waals surface area contributed by atoms with Gasteiger partial charge in [-0.3, -0.25) is 24.0 Å². The molecule has 3 aromatic carbocycles. The summed E-state index contributed by atoms with van der Waals surface area (Å²) in [7, 11) is -1.51. The Bertz CT molecular complexity index is 1580. The number of nitrogens with one attached hydrogen (secondary N) is 1. The summed E-state index contributed by atoms with van der Waals surface area (Å²) in [5, 5.41) is 14.4. The number of nitro benzene ring substituents is 1. The fraction of sp³-hybridized carbons (Fsp3) is 0.355. The molecule has 0 aromatic heterocycles. The summed E-state index contributed by atoms with van der Waals surface area (Å²) in [5.41, 5.74) is 0.732. The van der Waals surface area contributed by atoms with Crippen LogP contribution in [0, 0.1) is 23.0 Å². The molecule has 1 N–H and O–H groups in total. The van der Waals surface area contributed by atoms with Gasteiger partial charge in [0.25, 0.3) is 15.7 Å². The molecule has 0 unspecified atom stereocenters. The van der Waals surface area contributed by atoms with Gasteiger partial charge in [-0.2, -0.15) is 0 Å². The van der Waals surface area contributed by atoms with Crippen molar-refractivity contribution in [1.82, 2.24) is 10.2 Å². The quantitative estimate of drug-likeness (QED) is 0.206. The van der Waals surface area contributed by atoms with Crippen LogP contribution in [0.1, 0.15) is 31.9 Å². The van der Waals surface area contributed by atoms with E-state index in [4.69, 9.17) is 9.47 Å². The first-order chi connectivity index (χ1) is 20.8. The van der Waals surface area contributed by atoms with Gasteiger partial charge in [-0.25, -0.2) is 8.42 Å². The van der Waals surface area contributed by atoms with Crippen LogP contribution in [0.5, 0.6) is 11.5 Å². The normalized spacial score (nSPS) is 11.9. The topological polar surface area (TPSA) is 148 Å². The van der Waals surface area contributed by atoms with E-state index >= 15 is 0 Å². The molecule has 236 valence electrons. The van der Waals surface area contributed by atoms with Gasteiger partial charge in [-0.1, -0.05) is 32.0 Å². The van der Waals surface area contributed by atoms with E-state index in [1.165, 1.54) is 62.4 Å². The Kier molecular flexibility index (Phi) is 11.3. The summed E-state index contributed by atoms with van der Waals surface area (Å²) >= 11 is 0. The lowest BCUT2D eigenvalue weighted by atomic mass is 10.1. The van der Waals surface area contributed by atoms with Crippen LogP contribution in [0.2, 0.25) is 0 Å². The van der Waals surface area contributed by atoms with Crippen molar-refractivity contribution in [2.45, 2.75) is 45.2 Å². The third-order valence-corrected chi connectivity index (χ3v) is 8.74. The average Bonchev–Trinajstić information content (AvgIpc) is 3.01. The highest BCUT2D eigenvalue weighted by Gasteiger charge is 2.33. The van der Waals surface area contributed by atoms with Gasteiger partial charge in [-0.05, 0) is 67.8 Å². The second kappa shape index (κ2) is 14.7. The lowest BCUT2D eigenvalue weighted by Crippen LogP contribution is -2.51. The molecule has 0 aliphatic rings. The molecular formula is C31H38N4O8S. The number of rotatable bonds is 14. The van der Waals surface area contributed by atoms with Gasteiger partial charge in [0.1, 0.15) is 24.1 Å². The fourth-order valence-corrected chi connectivity index (χ4v) is 5.75. The number of nitro groups is 1. The maximum Gasteiger partial charge on any atom is 0.273 e. The van der Waals surface area contributed by atoms with Crippen molar-refractivity contribution in [3.05, 3.63) is 88.0 Å². The van der Waals surface area contributed by atoms with Crippen LogP contribution in [0.15, 0.2) is 71.6 Å². The van der Waals surface area contributed by atoms with E-state index in [-0.39, 0.29) is 34.3 Å². The van der Waals surface area contributed by atoms with Gasteiger partial charge in [0.2, 0.25) is 11.8 Å². The van der Waals surface area contributed by atoms with Crippen LogP contribution < -0.4 is 19.1 Å². The number of benzene rings is 3. The van der Waals surface area contributed by atoms with Crippen LogP contribution in [0.25, 0.3) is 0 Å². The van der Waals surface area contributed by atoms with E-state index in [0.29, 0.717) is 23.6 Å². The summed E-state index contributed by atoms with van der Waals surface area (Å²) in [6.07, 6.45) is 0. The molecule has 0 spiro atoms. The van der Waals surface area contributed by atoms with Gasteiger partial charge < -0.3 is 19.7 Å². The minimum Gasteiger partial charge on any atom is -0.497 e. The van der Waals surface area contributed by atoms with Crippen LogP contribution in [-0.2, 0) is 26.2 Å². The van der Waals surface area contributed by atoms with E-state index < -0.39 is 39.3 Å². The van der Waals surface area contributed by atoms with Gasteiger partial charge >= 0.3 is 0 Å². The SMILES string of the molecule is COc1ccc(CN(C(=O)CN(c2ccc(OC)cc2)S(=O)(=O)c2ccc(C)c([N+](=O)[O-])c2)[C@@H](C)C(=O)NCC(C)C)cc1. The van der Waals surface area contributed by atoms with Crippen molar-refractivity contribution in [2.24, 2.45) is 5.92 Å². The van der Waals surface area contributed by atoms with Crippen LogP contribution in [0.4, 0.5) is 11.4 Å². The smallest absolute Gasteiger partial charge is 0.273 e. The minimum atomic E-state index is -4.50. The van der Waals surface area contributed by atoms with Crippen LogP contribution in [0.3, 0.4) is 0 Å². The number of carbonyl (C=O) groups excluding carboxylic acids is 2. The monoisotopic (exact) mass is 626 g/mol. The second-order valence-corrected chi connectivity index (χ2v) is 12.5. The van der Waals surface area contributed by atoms with E-state index in [1.807, 2.05) is 13.8 Å². The molecule has 1 atom stereocenters. The predicted molar refractivity (Wildman–Crippen MR) is 166 cm³/mol. The molecule has 0 radical (unpaired) electrons.